The van der Waals surface area contributed by atoms with Crippen LogP contribution in [0.5, 0.6) is 5.75 Å². The Morgan fingerprint density at radius 3 is 2.37 bits per heavy atom. The lowest BCUT2D eigenvalue weighted by Crippen LogP contribution is -1.89. The van der Waals surface area contributed by atoms with Gasteiger partial charge in [0.15, 0.2) is 0 Å². The second-order valence-electron chi connectivity index (χ2n) is 5.11. The highest BCUT2D eigenvalue weighted by Crippen LogP contribution is 2.53. The summed E-state index contributed by atoms with van der Waals surface area (Å²) < 4.78 is 5.19. The Morgan fingerprint density at radius 2 is 1.74 bits per heavy atom. The van der Waals surface area contributed by atoms with E-state index in [9.17, 15) is 0 Å². The molecule has 0 bridgehead atoms. The third-order valence-electron chi connectivity index (χ3n) is 3.93. The van der Waals surface area contributed by atoms with Crippen molar-refractivity contribution in [2.45, 2.75) is 12.3 Å². The van der Waals surface area contributed by atoms with Crippen molar-refractivity contribution in [3.63, 3.8) is 0 Å². The average Bonchev–Trinajstić information content (AvgIpc) is 3.28. The fraction of sp³-hybridized carbons (Fsp3) is 0.222. The summed E-state index contributed by atoms with van der Waals surface area (Å²) in [6, 6.07) is 18.9. The third-order valence-corrected chi connectivity index (χ3v) is 3.93. The van der Waals surface area contributed by atoms with Crippen molar-refractivity contribution in [3.8, 4) is 5.75 Å². The zero-order valence-corrected chi connectivity index (χ0v) is 11.2. The average molecular weight is 250 g/mol. The molecule has 2 aromatic rings. The summed E-state index contributed by atoms with van der Waals surface area (Å²) >= 11 is 0. The maximum atomic E-state index is 5.19. The lowest BCUT2D eigenvalue weighted by Gasteiger charge is -2.07. The summed E-state index contributed by atoms with van der Waals surface area (Å²) in [6.07, 6.45) is 1.22. The number of hydrogen-bond donors (Lipinski definition) is 0. The summed E-state index contributed by atoms with van der Waals surface area (Å²) in [7, 11) is 1.69. The van der Waals surface area contributed by atoms with Crippen LogP contribution in [0, 0.1) is 5.92 Å². The molecule has 19 heavy (non-hydrogen) atoms. The quantitative estimate of drug-likeness (QED) is 0.775. The lowest BCUT2D eigenvalue weighted by molar-refractivity contribution is 0.415. The Morgan fingerprint density at radius 1 is 1.05 bits per heavy atom. The maximum absolute atomic E-state index is 5.19. The second-order valence-corrected chi connectivity index (χ2v) is 5.11. The van der Waals surface area contributed by atoms with Gasteiger partial charge in [-0.05, 0) is 47.1 Å². The van der Waals surface area contributed by atoms with Gasteiger partial charge in [-0.15, -0.1) is 0 Å². The SMILES string of the molecule is C=C(c1ccc(OC)cc1)[C@H]1C[C@@H]1c1ccccc1. The first-order valence-corrected chi connectivity index (χ1v) is 6.68. The van der Waals surface area contributed by atoms with Crippen molar-refractivity contribution in [1.82, 2.24) is 0 Å². The minimum atomic E-state index is 0.593. The van der Waals surface area contributed by atoms with E-state index in [1.54, 1.807) is 7.11 Å². The van der Waals surface area contributed by atoms with E-state index in [0.29, 0.717) is 11.8 Å². The van der Waals surface area contributed by atoms with E-state index in [-0.39, 0.29) is 0 Å². The first-order chi connectivity index (χ1) is 9.29. The zero-order valence-electron chi connectivity index (χ0n) is 11.2. The Bertz CT molecular complexity index is 568. The Kier molecular flexibility index (Phi) is 3.12. The second kappa shape index (κ2) is 4.93. The molecule has 0 aromatic heterocycles. The molecule has 0 aliphatic heterocycles. The molecule has 96 valence electrons. The molecule has 0 amide bonds. The van der Waals surface area contributed by atoms with Gasteiger partial charge in [-0.1, -0.05) is 49.0 Å². The molecule has 0 N–H and O–H groups in total. The number of rotatable bonds is 4. The molecule has 1 heteroatoms. The molecule has 1 nitrogen and oxygen atoms in total. The summed E-state index contributed by atoms with van der Waals surface area (Å²) in [6.45, 7) is 4.28. The van der Waals surface area contributed by atoms with Gasteiger partial charge in [-0.2, -0.15) is 0 Å². The fourth-order valence-corrected chi connectivity index (χ4v) is 2.67. The van der Waals surface area contributed by atoms with Crippen LogP contribution in [-0.4, -0.2) is 7.11 Å². The van der Waals surface area contributed by atoms with Gasteiger partial charge in [0.2, 0.25) is 0 Å². The maximum Gasteiger partial charge on any atom is 0.118 e. The van der Waals surface area contributed by atoms with Gasteiger partial charge in [0.05, 0.1) is 7.11 Å². The summed E-state index contributed by atoms with van der Waals surface area (Å²) in [4.78, 5) is 0. The molecular formula is C18H18O. The minimum absolute atomic E-state index is 0.593. The third kappa shape index (κ3) is 2.41. The highest BCUT2D eigenvalue weighted by molar-refractivity contribution is 5.69. The Hall–Kier alpha value is -2.02. The molecule has 1 saturated carbocycles. The normalized spacial score (nSPS) is 20.9. The van der Waals surface area contributed by atoms with E-state index in [0.717, 1.165) is 5.75 Å². The number of ether oxygens (including phenoxy) is 1. The van der Waals surface area contributed by atoms with E-state index < -0.39 is 0 Å². The van der Waals surface area contributed by atoms with Gasteiger partial charge in [0.25, 0.3) is 0 Å². The lowest BCUT2D eigenvalue weighted by atomic mass is 9.99. The van der Waals surface area contributed by atoms with E-state index in [4.69, 9.17) is 4.74 Å². The van der Waals surface area contributed by atoms with Crippen LogP contribution in [0.1, 0.15) is 23.5 Å². The van der Waals surface area contributed by atoms with Crippen molar-refractivity contribution in [3.05, 3.63) is 72.3 Å². The van der Waals surface area contributed by atoms with Gasteiger partial charge in [0.1, 0.15) is 5.75 Å². The van der Waals surface area contributed by atoms with Gasteiger partial charge in [-0.3, -0.25) is 0 Å². The molecule has 2 aromatic carbocycles. The van der Waals surface area contributed by atoms with Gasteiger partial charge in [0, 0.05) is 0 Å². The largest absolute Gasteiger partial charge is 0.497 e. The van der Waals surface area contributed by atoms with Gasteiger partial charge >= 0.3 is 0 Å². The topological polar surface area (TPSA) is 9.23 Å². The van der Waals surface area contributed by atoms with Crippen LogP contribution < -0.4 is 4.74 Å². The van der Waals surface area contributed by atoms with Crippen molar-refractivity contribution >= 4 is 5.57 Å². The fourth-order valence-electron chi connectivity index (χ4n) is 2.67. The van der Waals surface area contributed by atoms with Crippen molar-refractivity contribution in [2.24, 2.45) is 5.92 Å². The van der Waals surface area contributed by atoms with Gasteiger partial charge in [-0.25, -0.2) is 0 Å². The monoisotopic (exact) mass is 250 g/mol. The number of hydrogen-bond acceptors (Lipinski definition) is 1. The summed E-state index contributed by atoms with van der Waals surface area (Å²) in [5.74, 6) is 2.14. The number of benzene rings is 2. The van der Waals surface area contributed by atoms with Crippen LogP contribution in [0.3, 0.4) is 0 Å². The van der Waals surface area contributed by atoms with E-state index in [1.807, 2.05) is 12.1 Å². The van der Waals surface area contributed by atoms with Crippen molar-refractivity contribution < 1.29 is 4.74 Å². The minimum Gasteiger partial charge on any atom is -0.497 e. The predicted molar refractivity (Wildman–Crippen MR) is 79.3 cm³/mol. The van der Waals surface area contributed by atoms with Crippen LogP contribution in [0.25, 0.3) is 5.57 Å². The molecule has 0 unspecified atom stereocenters. The molecule has 1 aliphatic carbocycles. The molecule has 0 radical (unpaired) electrons. The van der Waals surface area contributed by atoms with Gasteiger partial charge < -0.3 is 4.74 Å². The molecule has 1 fully saturated rings. The van der Waals surface area contributed by atoms with Crippen LogP contribution >= 0.6 is 0 Å². The standard InChI is InChI=1S/C18H18O/c1-13(14-8-10-16(19-2)11-9-14)17-12-18(17)15-6-4-3-5-7-15/h3-11,17-18H,1,12H2,2H3/t17-,18-/m1/s1. The highest BCUT2D eigenvalue weighted by atomic mass is 16.5. The molecule has 2 atom stereocenters. The van der Waals surface area contributed by atoms with Crippen LogP contribution in [-0.2, 0) is 0 Å². The molecule has 3 rings (SSSR count). The summed E-state index contributed by atoms with van der Waals surface area (Å²) in [5, 5.41) is 0. The molecule has 0 heterocycles. The van der Waals surface area contributed by atoms with E-state index >= 15 is 0 Å². The van der Waals surface area contributed by atoms with Crippen molar-refractivity contribution in [1.29, 1.82) is 0 Å². The number of allylic oxidation sites excluding steroid dienone is 1. The molecular weight excluding hydrogens is 232 g/mol. The van der Waals surface area contributed by atoms with E-state index in [2.05, 4.69) is 49.0 Å². The molecule has 1 aliphatic rings. The Balaban J connectivity index is 1.72. The highest BCUT2D eigenvalue weighted by Gasteiger charge is 2.40. The predicted octanol–water partition coefficient (Wildman–Crippen LogP) is 4.51. The van der Waals surface area contributed by atoms with Crippen molar-refractivity contribution in [2.75, 3.05) is 7.11 Å². The summed E-state index contributed by atoms with van der Waals surface area (Å²) in [5.41, 5.74) is 3.91. The van der Waals surface area contributed by atoms with Crippen LogP contribution in [0.2, 0.25) is 0 Å². The first-order valence-electron chi connectivity index (χ1n) is 6.68. The first kappa shape index (κ1) is 12.0. The molecule has 0 saturated heterocycles. The zero-order chi connectivity index (χ0) is 13.2. The molecule has 0 spiro atoms. The smallest absolute Gasteiger partial charge is 0.118 e. The van der Waals surface area contributed by atoms with E-state index in [1.165, 1.54) is 23.1 Å². The van der Waals surface area contributed by atoms with Crippen LogP contribution in [0.15, 0.2) is 61.2 Å². The Labute approximate surface area is 114 Å². The number of methoxy groups -OCH3 is 1. The van der Waals surface area contributed by atoms with Crippen LogP contribution in [0.4, 0.5) is 0 Å².